The van der Waals surface area contributed by atoms with E-state index in [1.165, 1.54) is 0 Å². The molecule has 2 saturated carbocycles. The Morgan fingerprint density at radius 2 is 1.38 bits per heavy atom. The molecule has 0 heterocycles. The Labute approximate surface area is 189 Å². The summed E-state index contributed by atoms with van der Waals surface area (Å²) < 4.78 is 0.871. The maximum absolute atomic E-state index is 11.7. The lowest BCUT2D eigenvalue weighted by Gasteiger charge is -2.07. The molecule has 0 radical (unpaired) electrons. The normalized spacial score (nSPS) is 15.2. The number of aryl methyl sites for hydroxylation is 1. The Morgan fingerprint density at radius 3 is 1.86 bits per heavy atom. The van der Waals surface area contributed by atoms with Crippen LogP contribution in [0.5, 0.6) is 0 Å². The second kappa shape index (κ2) is 9.50. The van der Waals surface area contributed by atoms with E-state index in [4.69, 9.17) is 23.2 Å². The number of hydrogen-bond donors (Lipinski definition) is 2. The molecular weight excluding hydrogens is 475 g/mol. The Balaban J connectivity index is 0.000000166. The van der Waals surface area contributed by atoms with Crippen molar-refractivity contribution in [2.75, 3.05) is 0 Å². The molecule has 0 unspecified atom stereocenters. The summed E-state index contributed by atoms with van der Waals surface area (Å²) in [7, 11) is 0. The lowest BCUT2D eigenvalue weighted by atomic mass is 10.1. The van der Waals surface area contributed by atoms with Crippen LogP contribution in [-0.2, 0) is 0 Å². The van der Waals surface area contributed by atoms with Gasteiger partial charge in [-0.05, 0) is 74.9 Å². The fraction of sp³-hybridized carbons (Fsp3) is 0.364. The molecule has 2 amide bonds. The molecule has 2 aromatic rings. The highest BCUT2D eigenvalue weighted by atomic mass is 79.9. The molecule has 0 aromatic heterocycles. The number of hydrogen-bond acceptors (Lipinski definition) is 2. The van der Waals surface area contributed by atoms with Crippen LogP contribution in [0.4, 0.5) is 0 Å². The molecule has 7 heteroatoms. The standard InChI is InChI=1S/C11H11BrClNO.C11H12ClNO/c1-6-9(12)4-7(5-10(6)13)11(15)14-8-2-3-8;1-7-2-3-8(6-10(7)12)11(14)13-9-4-5-9/h4-5,8H,2-3H2,1H3,(H,14,15);2-3,6,9H,4-5H2,1H3,(H,13,14). The first kappa shape index (κ1) is 22.1. The molecule has 29 heavy (non-hydrogen) atoms. The van der Waals surface area contributed by atoms with Crippen LogP contribution in [0, 0.1) is 13.8 Å². The van der Waals surface area contributed by atoms with Crippen molar-refractivity contribution in [3.05, 3.63) is 67.1 Å². The van der Waals surface area contributed by atoms with E-state index < -0.39 is 0 Å². The van der Waals surface area contributed by atoms with Crippen molar-refractivity contribution in [2.45, 2.75) is 51.6 Å². The van der Waals surface area contributed by atoms with Crippen molar-refractivity contribution in [2.24, 2.45) is 0 Å². The highest BCUT2D eigenvalue weighted by molar-refractivity contribution is 9.10. The van der Waals surface area contributed by atoms with Crippen LogP contribution in [0.25, 0.3) is 0 Å². The van der Waals surface area contributed by atoms with E-state index >= 15 is 0 Å². The molecule has 4 rings (SSSR count). The molecule has 0 bridgehead atoms. The van der Waals surface area contributed by atoms with Gasteiger partial charge in [0.1, 0.15) is 0 Å². The minimum atomic E-state index is -0.0416. The largest absolute Gasteiger partial charge is 0.349 e. The monoisotopic (exact) mass is 496 g/mol. The van der Waals surface area contributed by atoms with E-state index in [0.29, 0.717) is 33.3 Å². The van der Waals surface area contributed by atoms with Crippen molar-refractivity contribution in [3.8, 4) is 0 Å². The fourth-order valence-electron chi connectivity index (χ4n) is 2.50. The zero-order chi connectivity index (χ0) is 21.1. The van der Waals surface area contributed by atoms with Gasteiger partial charge in [0.15, 0.2) is 0 Å². The summed E-state index contributed by atoms with van der Waals surface area (Å²) in [4.78, 5) is 23.3. The molecule has 2 aliphatic rings. The van der Waals surface area contributed by atoms with Gasteiger partial charge in [-0.3, -0.25) is 9.59 Å². The zero-order valence-electron chi connectivity index (χ0n) is 16.3. The van der Waals surface area contributed by atoms with E-state index in [9.17, 15) is 9.59 Å². The van der Waals surface area contributed by atoms with Gasteiger partial charge in [-0.2, -0.15) is 0 Å². The molecule has 0 spiro atoms. The van der Waals surface area contributed by atoms with Gasteiger partial charge < -0.3 is 10.6 Å². The van der Waals surface area contributed by atoms with Crippen LogP contribution < -0.4 is 10.6 Å². The average Bonchev–Trinajstić information content (AvgIpc) is 3.59. The van der Waals surface area contributed by atoms with E-state index in [1.54, 1.807) is 24.3 Å². The van der Waals surface area contributed by atoms with E-state index in [-0.39, 0.29) is 11.8 Å². The maximum atomic E-state index is 11.7. The summed E-state index contributed by atoms with van der Waals surface area (Å²) in [5.41, 5.74) is 3.21. The minimum Gasteiger partial charge on any atom is -0.349 e. The van der Waals surface area contributed by atoms with Crippen LogP contribution >= 0.6 is 39.1 Å². The molecule has 154 valence electrons. The van der Waals surface area contributed by atoms with E-state index in [2.05, 4.69) is 26.6 Å². The molecule has 0 aliphatic heterocycles. The number of carbonyl (C=O) groups is 2. The fourth-order valence-corrected chi connectivity index (χ4v) is 3.48. The molecule has 0 saturated heterocycles. The number of amides is 2. The van der Waals surface area contributed by atoms with Crippen molar-refractivity contribution in [3.63, 3.8) is 0 Å². The maximum Gasteiger partial charge on any atom is 0.251 e. The van der Waals surface area contributed by atoms with Crippen molar-refractivity contribution < 1.29 is 9.59 Å². The van der Waals surface area contributed by atoms with Crippen LogP contribution in [0.1, 0.15) is 57.5 Å². The predicted molar refractivity (Wildman–Crippen MR) is 121 cm³/mol. The molecule has 2 fully saturated rings. The van der Waals surface area contributed by atoms with Crippen molar-refractivity contribution in [1.82, 2.24) is 10.6 Å². The number of rotatable bonds is 4. The van der Waals surface area contributed by atoms with Crippen LogP contribution in [0.15, 0.2) is 34.8 Å². The smallest absolute Gasteiger partial charge is 0.251 e. The first-order chi connectivity index (χ1) is 13.7. The summed E-state index contributed by atoms with van der Waals surface area (Å²) in [6.45, 7) is 3.83. The summed E-state index contributed by atoms with van der Waals surface area (Å²) >= 11 is 15.3. The van der Waals surface area contributed by atoms with E-state index in [0.717, 1.165) is 41.3 Å². The second-order valence-electron chi connectivity index (χ2n) is 7.52. The first-order valence-electron chi connectivity index (χ1n) is 9.58. The predicted octanol–water partition coefficient (Wildman–Crippen LogP) is 5.84. The van der Waals surface area contributed by atoms with E-state index in [1.807, 2.05) is 19.9 Å². The molecule has 2 N–H and O–H groups in total. The van der Waals surface area contributed by atoms with Gasteiger partial charge in [0, 0.05) is 37.7 Å². The number of benzene rings is 2. The molecule has 2 aromatic carbocycles. The van der Waals surface area contributed by atoms with Gasteiger partial charge in [0.25, 0.3) is 11.8 Å². The van der Waals surface area contributed by atoms with Crippen LogP contribution in [0.3, 0.4) is 0 Å². The topological polar surface area (TPSA) is 58.2 Å². The molecular formula is C22H23BrCl2N2O2. The summed E-state index contributed by atoms with van der Waals surface area (Å²) in [5.74, 6) is -0.0606. The van der Waals surface area contributed by atoms with Gasteiger partial charge in [-0.15, -0.1) is 0 Å². The number of halogens is 3. The van der Waals surface area contributed by atoms with Crippen LogP contribution in [-0.4, -0.2) is 23.9 Å². The number of carbonyl (C=O) groups excluding carboxylic acids is 2. The molecule has 0 atom stereocenters. The SMILES string of the molecule is Cc1c(Cl)cc(C(=O)NC2CC2)cc1Br.Cc1ccc(C(=O)NC2CC2)cc1Cl. The third-order valence-electron chi connectivity index (χ3n) is 4.80. The summed E-state index contributed by atoms with van der Waals surface area (Å²) in [5, 5.41) is 7.11. The molecule has 4 nitrogen and oxygen atoms in total. The third-order valence-corrected chi connectivity index (χ3v) is 6.43. The Morgan fingerprint density at radius 1 is 0.862 bits per heavy atom. The van der Waals surface area contributed by atoms with Crippen molar-refractivity contribution in [1.29, 1.82) is 0 Å². The van der Waals surface area contributed by atoms with Gasteiger partial charge in [-0.1, -0.05) is 45.2 Å². The Bertz CT molecular complexity index is 917. The third kappa shape index (κ3) is 6.46. The highest BCUT2D eigenvalue weighted by Gasteiger charge is 2.24. The van der Waals surface area contributed by atoms with Gasteiger partial charge in [-0.25, -0.2) is 0 Å². The summed E-state index contributed by atoms with van der Waals surface area (Å²) in [6.07, 6.45) is 4.38. The lowest BCUT2D eigenvalue weighted by Crippen LogP contribution is -2.25. The molecule has 2 aliphatic carbocycles. The zero-order valence-corrected chi connectivity index (χ0v) is 19.4. The van der Waals surface area contributed by atoms with Gasteiger partial charge in [0.05, 0.1) is 0 Å². The Hall–Kier alpha value is -1.56. The average molecular weight is 498 g/mol. The number of nitrogens with one attached hydrogen (secondary N) is 2. The van der Waals surface area contributed by atoms with Gasteiger partial charge >= 0.3 is 0 Å². The summed E-state index contributed by atoms with van der Waals surface area (Å²) in [6, 6.07) is 9.66. The first-order valence-corrected chi connectivity index (χ1v) is 11.1. The Kier molecular flexibility index (Phi) is 7.25. The van der Waals surface area contributed by atoms with Crippen molar-refractivity contribution >= 4 is 50.9 Å². The second-order valence-corrected chi connectivity index (χ2v) is 9.19. The minimum absolute atomic E-state index is 0.0191. The highest BCUT2D eigenvalue weighted by Crippen LogP contribution is 2.27. The van der Waals surface area contributed by atoms with Gasteiger partial charge in [0.2, 0.25) is 0 Å². The quantitative estimate of drug-likeness (QED) is 0.557. The van der Waals surface area contributed by atoms with Crippen LogP contribution in [0.2, 0.25) is 10.0 Å². The lowest BCUT2D eigenvalue weighted by molar-refractivity contribution is 0.0942.